The third kappa shape index (κ3) is 5.82. The number of nitrogens with one attached hydrogen (secondary N) is 1. The van der Waals surface area contributed by atoms with Gasteiger partial charge in [-0.1, -0.05) is 0 Å². The van der Waals surface area contributed by atoms with Crippen molar-refractivity contribution in [2.24, 2.45) is 0 Å². The van der Waals surface area contributed by atoms with Crippen molar-refractivity contribution in [3.63, 3.8) is 0 Å². The van der Waals surface area contributed by atoms with Crippen molar-refractivity contribution in [1.82, 2.24) is 4.98 Å². The average Bonchev–Trinajstić information content (AvgIpc) is 3.27. The van der Waals surface area contributed by atoms with Crippen molar-refractivity contribution in [3.8, 4) is 5.75 Å². The molecule has 4 atom stereocenters. The summed E-state index contributed by atoms with van der Waals surface area (Å²) in [6, 6.07) is 7.41. The molecule has 222 valence electrons. The Labute approximate surface area is 251 Å². The molecule has 0 bridgehead atoms. The molecule has 0 spiro atoms. The Kier molecular flexibility index (Phi) is 8.88. The first-order valence-corrected chi connectivity index (χ1v) is 13.2. The number of hydrogen-bond donors (Lipinski definition) is 1. The minimum Gasteiger partial charge on any atom is -1.00 e. The smallest absolute Gasteiger partial charge is 0.308 e. The van der Waals surface area contributed by atoms with Crippen LogP contribution in [-0.2, 0) is 38.1 Å². The van der Waals surface area contributed by atoms with E-state index in [1.807, 2.05) is 38.2 Å². The number of nitrogens with zero attached hydrogens (tertiary/aromatic N) is 1. The Morgan fingerprint density at radius 3 is 2.14 bits per heavy atom. The van der Waals surface area contributed by atoms with Gasteiger partial charge in [-0.25, -0.2) is 0 Å². The van der Waals surface area contributed by atoms with E-state index in [0.717, 1.165) is 43.7 Å². The van der Waals surface area contributed by atoms with E-state index in [1.54, 1.807) is 16.8 Å². The summed E-state index contributed by atoms with van der Waals surface area (Å²) in [5.41, 5.74) is 3.85. The third-order valence-electron chi connectivity index (χ3n) is 7.19. The van der Waals surface area contributed by atoms with Gasteiger partial charge in [0.05, 0.1) is 12.1 Å². The van der Waals surface area contributed by atoms with E-state index in [0.29, 0.717) is 5.75 Å². The molecule has 3 heterocycles. The molecule has 2 aromatic carbocycles. The maximum atomic E-state index is 12.1. The largest absolute Gasteiger partial charge is 1.00 e. The van der Waals surface area contributed by atoms with E-state index in [1.165, 1.54) is 27.7 Å². The highest BCUT2D eigenvalue weighted by molar-refractivity contribution is 6.16. The number of aryl methyl sites for hydroxylation is 2. The number of rotatable bonds is 5. The van der Waals surface area contributed by atoms with Gasteiger partial charge in [0.1, 0.15) is 5.75 Å². The Balaban J connectivity index is 0.00000405. The fraction of sp³-hybridized carbons (Fsp3) is 0.367. The van der Waals surface area contributed by atoms with Gasteiger partial charge in [0, 0.05) is 55.4 Å². The van der Waals surface area contributed by atoms with E-state index >= 15 is 0 Å². The predicted molar refractivity (Wildman–Crippen MR) is 146 cm³/mol. The number of hydrogen-bond acceptors (Lipinski definition) is 9. The van der Waals surface area contributed by atoms with Crippen LogP contribution in [0.25, 0.3) is 32.6 Å². The molecule has 42 heavy (non-hydrogen) atoms. The molecular formula is C30H31BrN2O9. The first kappa shape index (κ1) is 30.9. The molecule has 1 aliphatic rings. The maximum absolute atomic E-state index is 12.1. The Hall–Kier alpha value is -4.03. The number of ether oxygens (including phenoxy) is 5. The predicted octanol–water partition coefficient (Wildman–Crippen LogP) is 0.632. The highest BCUT2D eigenvalue weighted by atomic mass is 79.9. The number of fused-ring (bicyclic) bond motifs is 4. The summed E-state index contributed by atoms with van der Waals surface area (Å²) in [7, 11) is 0. The van der Waals surface area contributed by atoms with E-state index in [9.17, 15) is 19.2 Å². The topological polar surface area (TPSA) is 134 Å². The lowest BCUT2D eigenvalue weighted by Crippen LogP contribution is -3.00. The molecule has 12 heteroatoms. The summed E-state index contributed by atoms with van der Waals surface area (Å²) in [5, 5.41) is 3.79. The minimum atomic E-state index is -1.10. The van der Waals surface area contributed by atoms with Crippen LogP contribution >= 0.6 is 0 Å². The summed E-state index contributed by atoms with van der Waals surface area (Å²) in [4.78, 5) is 50.9. The van der Waals surface area contributed by atoms with Gasteiger partial charge >= 0.3 is 30.1 Å². The Morgan fingerprint density at radius 1 is 0.833 bits per heavy atom. The molecule has 4 aromatic rings. The quantitative estimate of drug-likeness (QED) is 0.144. The van der Waals surface area contributed by atoms with Crippen molar-refractivity contribution in [1.29, 1.82) is 0 Å². The molecule has 0 amide bonds. The molecule has 11 nitrogen and oxygen atoms in total. The van der Waals surface area contributed by atoms with Gasteiger partial charge < -0.3 is 45.6 Å². The number of carbonyl (C=O) groups excluding carboxylic acids is 4. The highest BCUT2D eigenvalue weighted by Gasteiger charge is 2.51. The molecule has 0 unspecified atom stereocenters. The van der Waals surface area contributed by atoms with Crippen molar-refractivity contribution in [3.05, 3.63) is 47.8 Å². The second-order valence-corrected chi connectivity index (χ2v) is 10.2. The number of pyridine rings is 1. The maximum Gasteiger partial charge on any atom is 0.308 e. The molecule has 1 saturated heterocycles. The van der Waals surface area contributed by atoms with E-state index < -0.39 is 48.4 Å². The van der Waals surface area contributed by atoms with Gasteiger partial charge in [0.2, 0.25) is 6.10 Å². The lowest BCUT2D eigenvalue weighted by Gasteiger charge is -2.37. The Morgan fingerprint density at radius 2 is 1.50 bits per heavy atom. The van der Waals surface area contributed by atoms with Crippen molar-refractivity contribution < 1.29 is 64.4 Å². The lowest BCUT2D eigenvalue weighted by molar-refractivity contribution is -0.773. The summed E-state index contributed by atoms with van der Waals surface area (Å²) < 4.78 is 29.6. The van der Waals surface area contributed by atoms with Crippen LogP contribution in [-0.4, -0.2) is 53.8 Å². The molecule has 2 aromatic heterocycles. The minimum absolute atomic E-state index is 0. The zero-order valence-corrected chi connectivity index (χ0v) is 25.6. The number of benzene rings is 2. The third-order valence-corrected chi connectivity index (χ3v) is 7.19. The van der Waals surface area contributed by atoms with Crippen LogP contribution in [0.2, 0.25) is 0 Å². The van der Waals surface area contributed by atoms with Gasteiger partial charge in [-0.15, -0.1) is 0 Å². The molecule has 0 radical (unpaired) electrons. The van der Waals surface area contributed by atoms with Crippen LogP contribution in [0.1, 0.15) is 45.0 Å². The molecule has 1 fully saturated rings. The molecule has 0 saturated carbocycles. The number of aromatic amines is 1. The van der Waals surface area contributed by atoms with Crippen LogP contribution in [0.3, 0.4) is 0 Å². The van der Waals surface area contributed by atoms with Gasteiger partial charge in [0.25, 0.3) is 0 Å². The van der Waals surface area contributed by atoms with Gasteiger partial charge in [-0.05, 0) is 48.6 Å². The van der Waals surface area contributed by atoms with Crippen molar-refractivity contribution >= 4 is 56.5 Å². The number of aromatic nitrogens is 2. The normalized spacial score (nSPS) is 20.1. The standard InChI is InChI=1S/C30H30N2O9.BrH/c1-14-23-12-32(30-29(41-19(6)36)28(40-18(5)35)25(13-37-30)39-17(4)34)10-9-21(23)15(2)27-26(14)22-11-20(38-16(3)33)7-8-24(22)31-27;/h7-12,25,28-30H,13H2,1-6H3;1H/t25-,28-,29-,30-;/m1./s1. The molecular weight excluding hydrogens is 612 g/mol. The van der Waals surface area contributed by atoms with Gasteiger partial charge in [-0.2, -0.15) is 4.57 Å². The fourth-order valence-corrected chi connectivity index (χ4v) is 5.62. The number of halogens is 1. The zero-order chi connectivity index (χ0) is 29.6. The first-order valence-electron chi connectivity index (χ1n) is 13.2. The fourth-order valence-electron chi connectivity index (χ4n) is 5.62. The summed E-state index contributed by atoms with van der Waals surface area (Å²) >= 11 is 0. The summed E-state index contributed by atoms with van der Waals surface area (Å²) in [6.45, 7) is 9.02. The summed E-state index contributed by atoms with van der Waals surface area (Å²) in [5.74, 6) is -1.76. The number of esters is 4. The second-order valence-electron chi connectivity index (χ2n) is 10.2. The van der Waals surface area contributed by atoms with Crippen molar-refractivity contribution in [2.45, 2.75) is 66.1 Å². The lowest BCUT2D eigenvalue weighted by atomic mass is 9.96. The van der Waals surface area contributed by atoms with Crippen LogP contribution in [0, 0.1) is 13.8 Å². The number of H-pyrrole nitrogens is 1. The van der Waals surface area contributed by atoms with Crippen LogP contribution in [0.15, 0.2) is 36.7 Å². The molecule has 1 N–H and O–H groups in total. The highest BCUT2D eigenvalue weighted by Crippen LogP contribution is 2.38. The molecule has 0 aliphatic carbocycles. The average molecular weight is 643 g/mol. The Bertz CT molecular complexity index is 1730. The van der Waals surface area contributed by atoms with E-state index in [4.69, 9.17) is 23.7 Å². The molecule has 1 aliphatic heterocycles. The van der Waals surface area contributed by atoms with E-state index in [-0.39, 0.29) is 23.6 Å². The second kappa shape index (κ2) is 12.1. The monoisotopic (exact) mass is 642 g/mol. The van der Waals surface area contributed by atoms with Gasteiger partial charge in [0.15, 0.2) is 24.6 Å². The zero-order valence-electron chi connectivity index (χ0n) is 24.0. The molecule has 5 rings (SSSR count). The van der Waals surface area contributed by atoms with Crippen molar-refractivity contribution in [2.75, 3.05) is 6.61 Å². The van der Waals surface area contributed by atoms with Crippen LogP contribution in [0.5, 0.6) is 5.75 Å². The SMILES string of the molecule is CC(=O)Oc1ccc2[nH]c3c(C)c4cc[n+]([C@@H]5OC[C@@H](OC(C)=O)[C@@H](OC(C)=O)[C@H]5OC(C)=O)cc4c(C)c3c2c1.[Br-]. The van der Waals surface area contributed by atoms with Crippen LogP contribution in [0.4, 0.5) is 0 Å². The van der Waals surface area contributed by atoms with Gasteiger partial charge in [-0.3, -0.25) is 19.2 Å². The van der Waals surface area contributed by atoms with E-state index in [2.05, 4.69) is 4.98 Å². The summed E-state index contributed by atoms with van der Waals surface area (Å²) in [6.07, 6.45) is -0.320. The van der Waals surface area contributed by atoms with Crippen LogP contribution < -0.4 is 26.3 Å². The number of carbonyl (C=O) groups is 4. The first-order chi connectivity index (χ1) is 19.4.